The van der Waals surface area contributed by atoms with Crippen LogP contribution in [0.3, 0.4) is 0 Å². The Hall–Kier alpha value is -2.23. The number of nitrogens with one attached hydrogen (secondary N) is 1. The topological polar surface area (TPSA) is 138 Å². The molecule has 0 radical (unpaired) electrons. The zero-order valence-electron chi connectivity index (χ0n) is 9.35. The first kappa shape index (κ1) is 14.8. The van der Waals surface area contributed by atoms with Crippen LogP contribution in [0.5, 0.6) is 0 Å². The predicted octanol–water partition coefficient (Wildman–Crippen LogP) is 1.32. The van der Waals surface area contributed by atoms with Crippen LogP contribution < -0.4 is 4.72 Å². The van der Waals surface area contributed by atoms with Gasteiger partial charge in [-0.05, 0) is 11.6 Å². The zero-order valence-corrected chi connectivity index (χ0v) is 10.2. The summed E-state index contributed by atoms with van der Waals surface area (Å²) in [5.74, 6) is -1.23. The van der Waals surface area contributed by atoms with E-state index in [-0.39, 0.29) is 13.1 Å². The number of rotatable bonds is 6. The van der Waals surface area contributed by atoms with Crippen LogP contribution in [0.2, 0.25) is 0 Å². The molecule has 0 aliphatic heterocycles. The highest BCUT2D eigenvalue weighted by atomic mass is 32.2. The molecular weight excluding hydrogens is 281 g/mol. The molecule has 0 saturated heterocycles. The largest absolute Gasteiger partial charge is 0.272 e. The first-order valence-electron chi connectivity index (χ1n) is 4.83. The molecule has 0 heterocycles. The van der Waals surface area contributed by atoms with E-state index in [0.717, 1.165) is 12.1 Å². The number of sulfonamides is 1. The fourth-order valence-electron chi connectivity index (χ4n) is 1.17. The Morgan fingerprint density at radius 3 is 2.74 bits per heavy atom. The lowest BCUT2D eigenvalue weighted by molar-refractivity contribution is -0.385. The molecule has 102 valence electrons. The summed E-state index contributed by atoms with van der Waals surface area (Å²) < 4.78 is 38.8. The summed E-state index contributed by atoms with van der Waals surface area (Å²) >= 11 is 0. The monoisotopic (exact) mass is 289 g/mol. The minimum absolute atomic E-state index is 0.135. The van der Waals surface area contributed by atoms with Gasteiger partial charge in [-0.1, -0.05) is 5.11 Å². The van der Waals surface area contributed by atoms with Crippen LogP contribution in [-0.4, -0.2) is 26.4 Å². The van der Waals surface area contributed by atoms with Gasteiger partial charge in [0, 0.05) is 24.1 Å². The number of hydrogen-bond acceptors (Lipinski definition) is 5. The van der Waals surface area contributed by atoms with Crippen LogP contribution in [0, 0.1) is 15.9 Å². The molecular formula is C8H8FN5O4S. The van der Waals surface area contributed by atoms with Crippen molar-refractivity contribution in [2.75, 3.05) is 13.1 Å². The number of non-ortho nitro benzene ring substituents is 1. The Morgan fingerprint density at radius 2 is 2.21 bits per heavy atom. The van der Waals surface area contributed by atoms with Gasteiger partial charge < -0.3 is 0 Å². The summed E-state index contributed by atoms with van der Waals surface area (Å²) in [6, 6.07) is 2.19. The number of azide groups is 1. The highest BCUT2D eigenvalue weighted by molar-refractivity contribution is 7.89. The molecule has 1 aromatic rings. The SMILES string of the molecule is [N-]=[N+]=NCCNS(=O)(=O)c1ccc([N+](=O)[O-])cc1F. The van der Waals surface area contributed by atoms with Crippen LogP contribution >= 0.6 is 0 Å². The van der Waals surface area contributed by atoms with E-state index in [1.54, 1.807) is 0 Å². The number of hydrogen-bond donors (Lipinski definition) is 1. The fourth-order valence-corrected chi connectivity index (χ4v) is 2.25. The van der Waals surface area contributed by atoms with Gasteiger partial charge in [0.15, 0.2) is 0 Å². The molecule has 0 unspecified atom stereocenters. The van der Waals surface area contributed by atoms with E-state index in [0.29, 0.717) is 6.07 Å². The summed E-state index contributed by atoms with van der Waals surface area (Å²) in [6.45, 7) is -0.340. The van der Waals surface area contributed by atoms with Gasteiger partial charge in [0.25, 0.3) is 5.69 Å². The Balaban J connectivity index is 2.95. The van der Waals surface area contributed by atoms with Crippen molar-refractivity contribution in [3.8, 4) is 0 Å². The van der Waals surface area contributed by atoms with E-state index in [4.69, 9.17) is 5.53 Å². The molecule has 9 nitrogen and oxygen atoms in total. The smallest absolute Gasteiger partial charge is 0.258 e. The number of nitrogens with zero attached hydrogens (tertiary/aromatic N) is 4. The van der Waals surface area contributed by atoms with Crippen molar-refractivity contribution in [3.63, 3.8) is 0 Å². The first-order valence-corrected chi connectivity index (χ1v) is 6.31. The maximum Gasteiger partial charge on any atom is 0.272 e. The molecule has 1 rings (SSSR count). The quantitative estimate of drug-likeness (QED) is 0.211. The molecule has 0 atom stereocenters. The van der Waals surface area contributed by atoms with Gasteiger partial charge in [-0.2, -0.15) is 0 Å². The van der Waals surface area contributed by atoms with Crippen molar-refractivity contribution in [1.82, 2.24) is 4.72 Å². The molecule has 0 fully saturated rings. The summed E-state index contributed by atoms with van der Waals surface area (Å²) in [7, 11) is -4.14. The second-order valence-electron chi connectivity index (χ2n) is 3.22. The van der Waals surface area contributed by atoms with Crippen LogP contribution in [0.15, 0.2) is 28.2 Å². The first-order chi connectivity index (χ1) is 8.88. The highest BCUT2D eigenvalue weighted by Gasteiger charge is 2.21. The fraction of sp³-hybridized carbons (Fsp3) is 0.250. The minimum Gasteiger partial charge on any atom is -0.258 e. The Kier molecular flexibility index (Phi) is 4.75. The molecule has 0 aromatic heterocycles. The third kappa shape index (κ3) is 3.88. The molecule has 0 aliphatic carbocycles. The normalized spacial score (nSPS) is 10.8. The summed E-state index contributed by atoms with van der Waals surface area (Å²) in [5, 5.41) is 13.5. The van der Waals surface area contributed by atoms with Gasteiger partial charge in [0.2, 0.25) is 10.0 Å². The van der Waals surface area contributed by atoms with Gasteiger partial charge in [0.1, 0.15) is 10.7 Å². The predicted molar refractivity (Wildman–Crippen MR) is 62.3 cm³/mol. The van der Waals surface area contributed by atoms with Crippen molar-refractivity contribution in [2.45, 2.75) is 4.90 Å². The molecule has 1 N–H and O–H groups in total. The Morgan fingerprint density at radius 1 is 1.53 bits per heavy atom. The van der Waals surface area contributed by atoms with Crippen LogP contribution in [0.1, 0.15) is 0 Å². The third-order valence-electron chi connectivity index (χ3n) is 1.98. The maximum atomic E-state index is 13.5. The summed E-state index contributed by atoms with van der Waals surface area (Å²) in [5.41, 5.74) is 7.45. The third-order valence-corrected chi connectivity index (χ3v) is 3.48. The lowest BCUT2D eigenvalue weighted by atomic mass is 10.3. The molecule has 0 spiro atoms. The van der Waals surface area contributed by atoms with Gasteiger partial charge in [-0.25, -0.2) is 17.5 Å². The molecule has 0 amide bonds. The second-order valence-corrected chi connectivity index (χ2v) is 4.96. The van der Waals surface area contributed by atoms with Crippen LogP contribution in [0.25, 0.3) is 10.4 Å². The number of nitro benzene ring substituents is 1. The number of halogens is 1. The summed E-state index contributed by atoms with van der Waals surface area (Å²) in [4.78, 5) is 11.3. The molecule has 0 aliphatic rings. The van der Waals surface area contributed by atoms with E-state index in [1.165, 1.54) is 0 Å². The second kappa shape index (κ2) is 6.09. The van der Waals surface area contributed by atoms with Crippen molar-refractivity contribution in [2.24, 2.45) is 5.11 Å². The highest BCUT2D eigenvalue weighted by Crippen LogP contribution is 2.20. The van der Waals surface area contributed by atoms with E-state index in [9.17, 15) is 22.9 Å². The lowest BCUT2D eigenvalue weighted by Gasteiger charge is -2.06. The van der Waals surface area contributed by atoms with E-state index < -0.39 is 31.3 Å². The Labute approximate surface area is 106 Å². The average molecular weight is 289 g/mol. The van der Waals surface area contributed by atoms with E-state index in [1.807, 2.05) is 4.72 Å². The number of benzene rings is 1. The molecule has 19 heavy (non-hydrogen) atoms. The Bertz CT molecular complexity index is 641. The van der Waals surface area contributed by atoms with E-state index >= 15 is 0 Å². The molecule has 1 aromatic carbocycles. The van der Waals surface area contributed by atoms with Gasteiger partial charge >= 0.3 is 0 Å². The standard InChI is InChI=1S/C8H8FN5O4S/c9-7-5-6(14(15)16)1-2-8(7)19(17,18)12-4-3-11-13-10/h1-2,5,12H,3-4H2. The van der Waals surface area contributed by atoms with Crippen molar-refractivity contribution in [3.05, 3.63) is 44.6 Å². The molecule has 11 heteroatoms. The maximum absolute atomic E-state index is 13.5. The number of nitro groups is 1. The minimum atomic E-state index is -4.14. The van der Waals surface area contributed by atoms with Gasteiger partial charge in [0.05, 0.1) is 11.0 Å². The van der Waals surface area contributed by atoms with Gasteiger partial charge in [-0.3, -0.25) is 10.1 Å². The zero-order chi connectivity index (χ0) is 14.5. The lowest BCUT2D eigenvalue weighted by Crippen LogP contribution is -2.27. The summed E-state index contributed by atoms with van der Waals surface area (Å²) in [6.07, 6.45) is 0. The van der Waals surface area contributed by atoms with Crippen LogP contribution in [-0.2, 0) is 10.0 Å². The average Bonchev–Trinajstić information content (AvgIpc) is 2.34. The molecule has 0 bridgehead atoms. The van der Waals surface area contributed by atoms with Crippen molar-refractivity contribution in [1.29, 1.82) is 0 Å². The van der Waals surface area contributed by atoms with Crippen molar-refractivity contribution >= 4 is 15.7 Å². The van der Waals surface area contributed by atoms with E-state index in [2.05, 4.69) is 10.0 Å². The van der Waals surface area contributed by atoms with Gasteiger partial charge in [-0.15, -0.1) is 0 Å². The van der Waals surface area contributed by atoms with Crippen molar-refractivity contribution < 1.29 is 17.7 Å². The van der Waals surface area contributed by atoms with Crippen LogP contribution in [0.4, 0.5) is 10.1 Å². The molecule has 0 saturated carbocycles.